The van der Waals surface area contributed by atoms with Crippen molar-refractivity contribution in [1.29, 1.82) is 0 Å². The number of benzene rings is 1. The lowest BCUT2D eigenvalue weighted by Crippen LogP contribution is -2.27. The summed E-state index contributed by atoms with van der Waals surface area (Å²) in [4.78, 5) is 0. The molecule has 0 spiro atoms. The third-order valence-corrected chi connectivity index (χ3v) is 3.30. The Balaban J connectivity index is 2.30. The highest BCUT2D eigenvalue weighted by molar-refractivity contribution is 9.10. The van der Waals surface area contributed by atoms with E-state index in [2.05, 4.69) is 20.7 Å². The van der Waals surface area contributed by atoms with E-state index < -0.39 is 11.4 Å². The number of nitrogens with one attached hydrogen (secondary N) is 1. The minimum Gasteiger partial charge on any atom is -0.598 e. The van der Waals surface area contributed by atoms with Crippen LogP contribution in [0.3, 0.4) is 0 Å². The molecule has 0 radical (unpaired) electrons. The third kappa shape index (κ3) is 5.53. The molecule has 0 bridgehead atoms. The second kappa shape index (κ2) is 7.24. The summed E-state index contributed by atoms with van der Waals surface area (Å²) >= 11 is 2.37. The molecule has 1 aromatic rings. The number of halogens is 1. The molecule has 0 fully saturated rings. The highest BCUT2D eigenvalue weighted by Crippen LogP contribution is 2.11. The van der Waals surface area contributed by atoms with Gasteiger partial charge >= 0.3 is 0 Å². The standard InChI is InChI=1S/C10H14BrNO2S/c1-14-5-6-15(13)12-8-9-3-2-4-10(11)7-9/h2-4,7,12H,5-6,8H2,1H3. The maximum atomic E-state index is 11.4. The first-order valence-corrected chi connectivity index (χ1v) is 6.69. The largest absolute Gasteiger partial charge is 0.598 e. The molecule has 5 heteroatoms. The van der Waals surface area contributed by atoms with E-state index in [-0.39, 0.29) is 0 Å². The van der Waals surface area contributed by atoms with Crippen molar-refractivity contribution < 1.29 is 9.29 Å². The zero-order chi connectivity index (χ0) is 11.1. The molecule has 1 N–H and O–H groups in total. The smallest absolute Gasteiger partial charge is 0.148 e. The van der Waals surface area contributed by atoms with E-state index in [0.717, 1.165) is 10.0 Å². The highest BCUT2D eigenvalue weighted by Gasteiger charge is 2.05. The average molecular weight is 292 g/mol. The molecule has 1 aromatic carbocycles. The second-order valence-electron chi connectivity index (χ2n) is 2.99. The van der Waals surface area contributed by atoms with Crippen LogP contribution in [-0.4, -0.2) is 24.0 Å². The molecule has 0 heterocycles. The normalized spacial score (nSPS) is 12.7. The van der Waals surface area contributed by atoms with Crippen LogP contribution in [-0.2, 0) is 22.6 Å². The van der Waals surface area contributed by atoms with Crippen LogP contribution >= 0.6 is 15.9 Å². The molecule has 0 aliphatic carbocycles. The first-order chi connectivity index (χ1) is 7.22. The Hall–Kier alpha value is -0.0700. The second-order valence-corrected chi connectivity index (χ2v) is 5.30. The molecule has 84 valence electrons. The van der Waals surface area contributed by atoms with Gasteiger partial charge in [0.25, 0.3) is 0 Å². The van der Waals surface area contributed by atoms with Crippen molar-refractivity contribution in [2.24, 2.45) is 0 Å². The Morgan fingerprint density at radius 2 is 2.33 bits per heavy atom. The average Bonchev–Trinajstić information content (AvgIpc) is 2.23. The number of methoxy groups -OCH3 is 1. The van der Waals surface area contributed by atoms with E-state index in [1.807, 2.05) is 24.3 Å². The molecule has 0 amide bonds. The van der Waals surface area contributed by atoms with Crippen molar-refractivity contribution in [3.05, 3.63) is 34.3 Å². The van der Waals surface area contributed by atoms with Gasteiger partial charge in [0.2, 0.25) is 0 Å². The number of rotatable bonds is 6. The van der Waals surface area contributed by atoms with Gasteiger partial charge in [-0.05, 0) is 17.7 Å². The Bertz CT molecular complexity index is 299. The molecule has 0 aliphatic rings. The molecule has 0 saturated carbocycles. The summed E-state index contributed by atoms with van der Waals surface area (Å²) < 4.78 is 20.2. The van der Waals surface area contributed by atoms with Gasteiger partial charge in [0, 0.05) is 22.9 Å². The van der Waals surface area contributed by atoms with E-state index in [9.17, 15) is 4.55 Å². The van der Waals surface area contributed by atoms with Crippen molar-refractivity contribution in [2.75, 3.05) is 19.5 Å². The number of hydrogen-bond donors (Lipinski definition) is 1. The monoisotopic (exact) mass is 291 g/mol. The molecular weight excluding hydrogens is 278 g/mol. The molecule has 3 nitrogen and oxygen atoms in total. The Morgan fingerprint density at radius 3 is 3.00 bits per heavy atom. The van der Waals surface area contributed by atoms with Gasteiger partial charge in [-0.25, -0.2) is 0 Å². The summed E-state index contributed by atoms with van der Waals surface area (Å²) in [6.45, 7) is 1.12. The molecule has 15 heavy (non-hydrogen) atoms. The van der Waals surface area contributed by atoms with Crippen molar-refractivity contribution in [2.45, 2.75) is 6.54 Å². The minimum atomic E-state index is -1.02. The van der Waals surface area contributed by atoms with Crippen LogP contribution in [0.4, 0.5) is 0 Å². The quantitative estimate of drug-likeness (QED) is 0.814. The SMILES string of the molecule is COCC[S+]([O-])NCc1cccc(Br)c1. The van der Waals surface area contributed by atoms with Crippen LogP contribution in [0.25, 0.3) is 0 Å². The van der Waals surface area contributed by atoms with Crippen molar-refractivity contribution in [1.82, 2.24) is 4.72 Å². The van der Waals surface area contributed by atoms with Crippen LogP contribution in [0.5, 0.6) is 0 Å². The zero-order valence-corrected chi connectivity index (χ0v) is 10.9. The van der Waals surface area contributed by atoms with Gasteiger partial charge in [-0.1, -0.05) is 28.1 Å². The fourth-order valence-corrected chi connectivity index (χ4v) is 2.28. The van der Waals surface area contributed by atoms with E-state index in [0.29, 0.717) is 18.9 Å². The molecule has 0 aliphatic heterocycles. The fourth-order valence-electron chi connectivity index (χ4n) is 1.04. The minimum absolute atomic E-state index is 0.512. The van der Waals surface area contributed by atoms with Crippen LogP contribution in [0.15, 0.2) is 28.7 Å². The van der Waals surface area contributed by atoms with E-state index >= 15 is 0 Å². The highest BCUT2D eigenvalue weighted by atomic mass is 79.9. The van der Waals surface area contributed by atoms with Gasteiger partial charge in [-0.3, -0.25) is 0 Å². The summed E-state index contributed by atoms with van der Waals surface area (Å²) in [5.74, 6) is 0.518. The molecule has 0 aromatic heterocycles. The van der Waals surface area contributed by atoms with Gasteiger partial charge in [0.05, 0.1) is 13.2 Å². The van der Waals surface area contributed by atoms with E-state index in [4.69, 9.17) is 4.74 Å². The van der Waals surface area contributed by atoms with Gasteiger partial charge in [-0.15, -0.1) is 4.72 Å². The third-order valence-electron chi connectivity index (χ3n) is 1.80. The first-order valence-electron chi connectivity index (χ1n) is 4.57. The Kier molecular flexibility index (Phi) is 6.28. The molecule has 1 rings (SSSR count). The maximum absolute atomic E-state index is 11.4. The summed E-state index contributed by atoms with van der Waals surface area (Å²) in [6.07, 6.45) is 0. The molecule has 1 atom stereocenters. The fraction of sp³-hybridized carbons (Fsp3) is 0.400. The van der Waals surface area contributed by atoms with Gasteiger partial charge < -0.3 is 9.29 Å². The van der Waals surface area contributed by atoms with Gasteiger partial charge in [-0.2, -0.15) is 0 Å². The summed E-state index contributed by atoms with van der Waals surface area (Å²) in [5, 5.41) is 0. The molecule has 1 unspecified atom stereocenters. The number of ether oxygens (including phenoxy) is 1. The van der Waals surface area contributed by atoms with Crippen molar-refractivity contribution >= 4 is 27.3 Å². The Morgan fingerprint density at radius 1 is 1.53 bits per heavy atom. The lowest BCUT2D eigenvalue weighted by Gasteiger charge is -2.10. The zero-order valence-electron chi connectivity index (χ0n) is 8.53. The summed E-state index contributed by atoms with van der Waals surface area (Å²) in [5.41, 5.74) is 1.11. The topological polar surface area (TPSA) is 44.3 Å². The predicted molar refractivity (Wildman–Crippen MR) is 65.9 cm³/mol. The first kappa shape index (κ1) is 13.0. The van der Waals surface area contributed by atoms with Crippen molar-refractivity contribution in [3.8, 4) is 0 Å². The maximum Gasteiger partial charge on any atom is 0.148 e. The number of hydrogen-bond acceptors (Lipinski definition) is 3. The van der Waals surface area contributed by atoms with E-state index in [1.54, 1.807) is 7.11 Å². The lowest BCUT2D eigenvalue weighted by atomic mass is 10.2. The van der Waals surface area contributed by atoms with Crippen LogP contribution in [0, 0.1) is 0 Å². The lowest BCUT2D eigenvalue weighted by molar-refractivity contribution is 0.217. The van der Waals surface area contributed by atoms with Crippen molar-refractivity contribution in [3.63, 3.8) is 0 Å². The van der Waals surface area contributed by atoms with Crippen LogP contribution in [0.1, 0.15) is 5.56 Å². The van der Waals surface area contributed by atoms with E-state index in [1.165, 1.54) is 0 Å². The Labute approximate surface area is 102 Å². The van der Waals surface area contributed by atoms with Crippen LogP contribution < -0.4 is 4.72 Å². The summed E-state index contributed by atoms with van der Waals surface area (Å²) in [6, 6.07) is 7.91. The van der Waals surface area contributed by atoms with Crippen LogP contribution in [0.2, 0.25) is 0 Å². The van der Waals surface area contributed by atoms with Gasteiger partial charge in [0.15, 0.2) is 0 Å². The molecule has 0 saturated heterocycles. The van der Waals surface area contributed by atoms with Gasteiger partial charge in [0.1, 0.15) is 5.75 Å². The molecular formula is C10H14BrNO2S. The predicted octanol–water partition coefficient (Wildman–Crippen LogP) is 1.85. The summed E-state index contributed by atoms with van der Waals surface area (Å²) in [7, 11) is 1.60.